The van der Waals surface area contributed by atoms with Gasteiger partial charge in [-0.25, -0.2) is 0 Å². The molecule has 6 heteroatoms. The zero-order valence-electron chi connectivity index (χ0n) is 11.2. The second-order valence-electron chi connectivity index (χ2n) is 4.38. The van der Waals surface area contributed by atoms with Crippen LogP contribution in [0.4, 0.5) is 5.69 Å². The minimum Gasteiger partial charge on any atom is -0.351 e. The number of aryl methyl sites for hydroxylation is 1. The second kappa shape index (κ2) is 6.01. The van der Waals surface area contributed by atoms with Crippen molar-refractivity contribution in [2.45, 2.75) is 19.9 Å². The van der Waals surface area contributed by atoms with Gasteiger partial charge in [-0.2, -0.15) is 0 Å². The quantitative estimate of drug-likeness (QED) is 0.888. The van der Waals surface area contributed by atoms with Gasteiger partial charge in [0.25, 0.3) is 5.91 Å². The molecule has 0 bridgehead atoms. The standard InChI is InChI=1S/C14H15N3O3/c1-9-8-12(20-17-9)14(19)15-10(2)13(18)16-11-6-4-3-5-7-11/h3-8,10H,1-2H3,(H,15,19)(H,16,18)/t10-/m1/s1. The maximum absolute atomic E-state index is 11.9. The van der Waals surface area contributed by atoms with Gasteiger partial charge in [0.05, 0.1) is 5.69 Å². The van der Waals surface area contributed by atoms with Crippen LogP contribution in [0, 0.1) is 6.92 Å². The number of nitrogens with zero attached hydrogens (tertiary/aromatic N) is 1. The minimum absolute atomic E-state index is 0.0851. The molecule has 1 heterocycles. The van der Waals surface area contributed by atoms with Gasteiger partial charge in [0.1, 0.15) is 6.04 Å². The van der Waals surface area contributed by atoms with Gasteiger partial charge in [-0.3, -0.25) is 9.59 Å². The molecule has 20 heavy (non-hydrogen) atoms. The molecule has 1 aromatic carbocycles. The monoisotopic (exact) mass is 273 g/mol. The van der Waals surface area contributed by atoms with E-state index in [9.17, 15) is 9.59 Å². The molecule has 0 spiro atoms. The number of hydrogen-bond donors (Lipinski definition) is 2. The fourth-order valence-electron chi connectivity index (χ4n) is 1.58. The van der Waals surface area contributed by atoms with Crippen molar-refractivity contribution in [2.24, 2.45) is 0 Å². The van der Waals surface area contributed by atoms with Gasteiger partial charge in [0.15, 0.2) is 0 Å². The van der Waals surface area contributed by atoms with Gasteiger partial charge in [-0.05, 0) is 26.0 Å². The zero-order chi connectivity index (χ0) is 14.5. The number of benzene rings is 1. The van der Waals surface area contributed by atoms with Gasteiger partial charge in [0, 0.05) is 11.8 Å². The van der Waals surface area contributed by atoms with E-state index >= 15 is 0 Å². The van der Waals surface area contributed by atoms with Crippen LogP contribution < -0.4 is 10.6 Å². The number of nitrogens with one attached hydrogen (secondary N) is 2. The SMILES string of the molecule is Cc1cc(C(=O)N[C@H](C)C(=O)Nc2ccccc2)on1. The number of aromatic nitrogens is 1. The van der Waals surface area contributed by atoms with Crippen LogP contribution in [-0.2, 0) is 4.79 Å². The highest BCUT2D eigenvalue weighted by Crippen LogP contribution is 2.06. The molecule has 2 rings (SSSR count). The Labute approximate surface area is 116 Å². The van der Waals surface area contributed by atoms with E-state index in [1.54, 1.807) is 26.0 Å². The molecular weight excluding hydrogens is 258 g/mol. The Bertz CT molecular complexity index is 607. The molecule has 0 saturated heterocycles. The van der Waals surface area contributed by atoms with Crippen LogP contribution in [0.5, 0.6) is 0 Å². The molecule has 0 fully saturated rings. The first kappa shape index (κ1) is 13.8. The largest absolute Gasteiger partial charge is 0.351 e. The van der Waals surface area contributed by atoms with E-state index in [0.29, 0.717) is 11.4 Å². The summed E-state index contributed by atoms with van der Waals surface area (Å²) in [5.41, 5.74) is 1.28. The van der Waals surface area contributed by atoms with Crippen LogP contribution in [0.25, 0.3) is 0 Å². The molecule has 0 aliphatic heterocycles. The van der Waals surface area contributed by atoms with Gasteiger partial charge in [0.2, 0.25) is 11.7 Å². The molecule has 2 N–H and O–H groups in total. The maximum atomic E-state index is 11.9. The van der Waals surface area contributed by atoms with Crippen molar-refractivity contribution < 1.29 is 14.1 Å². The summed E-state index contributed by atoms with van der Waals surface area (Å²) in [4.78, 5) is 23.7. The summed E-state index contributed by atoms with van der Waals surface area (Å²) >= 11 is 0. The highest BCUT2D eigenvalue weighted by Gasteiger charge is 2.19. The molecule has 6 nitrogen and oxygen atoms in total. The predicted octanol–water partition coefficient (Wildman–Crippen LogP) is 1.74. The van der Waals surface area contributed by atoms with Crippen molar-refractivity contribution in [3.63, 3.8) is 0 Å². The molecule has 0 unspecified atom stereocenters. The van der Waals surface area contributed by atoms with E-state index in [0.717, 1.165) is 0 Å². The van der Waals surface area contributed by atoms with E-state index in [2.05, 4.69) is 15.8 Å². The molecule has 0 radical (unpaired) electrons. The van der Waals surface area contributed by atoms with Gasteiger partial charge >= 0.3 is 0 Å². The Morgan fingerprint density at radius 1 is 1.25 bits per heavy atom. The van der Waals surface area contributed by atoms with Gasteiger partial charge in [-0.15, -0.1) is 0 Å². The molecule has 1 atom stereocenters. The highest BCUT2D eigenvalue weighted by molar-refractivity contribution is 5.99. The normalized spacial score (nSPS) is 11.7. The molecule has 0 aliphatic rings. The summed E-state index contributed by atoms with van der Waals surface area (Å²) in [6.07, 6.45) is 0. The van der Waals surface area contributed by atoms with E-state index in [1.165, 1.54) is 6.07 Å². The van der Waals surface area contributed by atoms with Crippen LogP contribution >= 0.6 is 0 Å². The lowest BCUT2D eigenvalue weighted by molar-refractivity contribution is -0.117. The molecular formula is C14H15N3O3. The number of anilines is 1. The third-order valence-corrected chi connectivity index (χ3v) is 2.63. The number of amides is 2. The van der Waals surface area contributed by atoms with Crippen molar-refractivity contribution in [1.29, 1.82) is 0 Å². The lowest BCUT2D eigenvalue weighted by atomic mass is 10.2. The van der Waals surface area contributed by atoms with Crippen molar-refractivity contribution in [1.82, 2.24) is 10.5 Å². The Hall–Kier alpha value is -2.63. The van der Waals surface area contributed by atoms with Crippen molar-refractivity contribution >= 4 is 17.5 Å². The lowest BCUT2D eigenvalue weighted by Crippen LogP contribution is -2.41. The number of hydrogen-bond acceptors (Lipinski definition) is 4. The van der Waals surface area contributed by atoms with Crippen molar-refractivity contribution in [3.05, 3.63) is 47.9 Å². The fourth-order valence-corrected chi connectivity index (χ4v) is 1.58. The summed E-state index contributed by atoms with van der Waals surface area (Å²) in [5, 5.41) is 8.87. The van der Waals surface area contributed by atoms with Crippen LogP contribution in [-0.4, -0.2) is 23.0 Å². The molecule has 2 aromatic rings. The van der Waals surface area contributed by atoms with E-state index in [4.69, 9.17) is 4.52 Å². The maximum Gasteiger partial charge on any atom is 0.290 e. The molecule has 2 amide bonds. The molecule has 104 valence electrons. The highest BCUT2D eigenvalue weighted by atomic mass is 16.5. The lowest BCUT2D eigenvalue weighted by Gasteiger charge is -2.12. The number of para-hydroxylation sites is 1. The first-order valence-corrected chi connectivity index (χ1v) is 6.16. The molecule has 0 saturated carbocycles. The van der Waals surface area contributed by atoms with E-state index in [-0.39, 0.29) is 11.7 Å². The molecule has 1 aromatic heterocycles. The Morgan fingerprint density at radius 2 is 1.95 bits per heavy atom. The predicted molar refractivity (Wildman–Crippen MR) is 73.2 cm³/mol. The van der Waals surface area contributed by atoms with Crippen LogP contribution in [0.15, 0.2) is 40.9 Å². The van der Waals surface area contributed by atoms with Crippen molar-refractivity contribution in [2.75, 3.05) is 5.32 Å². The van der Waals surface area contributed by atoms with Gasteiger partial charge in [-0.1, -0.05) is 23.4 Å². The minimum atomic E-state index is -0.687. The first-order chi connectivity index (χ1) is 9.56. The number of carbonyl (C=O) groups excluding carboxylic acids is 2. The van der Waals surface area contributed by atoms with Crippen LogP contribution in [0.2, 0.25) is 0 Å². The Balaban J connectivity index is 1.93. The number of carbonyl (C=O) groups is 2. The average Bonchev–Trinajstić information content (AvgIpc) is 2.86. The summed E-state index contributed by atoms with van der Waals surface area (Å²) in [7, 11) is 0. The Kier molecular flexibility index (Phi) is 4.14. The number of rotatable bonds is 4. The van der Waals surface area contributed by atoms with E-state index in [1.807, 2.05) is 18.2 Å². The fraction of sp³-hybridized carbons (Fsp3) is 0.214. The third-order valence-electron chi connectivity index (χ3n) is 2.63. The Morgan fingerprint density at radius 3 is 2.55 bits per heavy atom. The summed E-state index contributed by atoms with van der Waals surface area (Å²) in [6, 6.07) is 9.85. The summed E-state index contributed by atoms with van der Waals surface area (Å²) < 4.78 is 4.83. The molecule has 0 aliphatic carbocycles. The average molecular weight is 273 g/mol. The first-order valence-electron chi connectivity index (χ1n) is 6.16. The summed E-state index contributed by atoms with van der Waals surface area (Å²) in [5.74, 6) is -0.691. The van der Waals surface area contributed by atoms with E-state index < -0.39 is 11.9 Å². The topological polar surface area (TPSA) is 84.2 Å². The summed E-state index contributed by atoms with van der Waals surface area (Å²) in [6.45, 7) is 3.31. The van der Waals surface area contributed by atoms with Gasteiger partial charge < -0.3 is 15.2 Å². The smallest absolute Gasteiger partial charge is 0.290 e. The zero-order valence-corrected chi connectivity index (χ0v) is 11.2. The van der Waals surface area contributed by atoms with Crippen LogP contribution in [0.1, 0.15) is 23.2 Å². The van der Waals surface area contributed by atoms with Crippen LogP contribution in [0.3, 0.4) is 0 Å². The van der Waals surface area contributed by atoms with Crippen molar-refractivity contribution in [3.8, 4) is 0 Å². The third kappa shape index (κ3) is 3.44. The second-order valence-corrected chi connectivity index (χ2v) is 4.38.